The van der Waals surface area contributed by atoms with Crippen molar-refractivity contribution in [1.29, 1.82) is 0 Å². The molecule has 0 aromatic heterocycles. The van der Waals surface area contributed by atoms with E-state index in [2.05, 4.69) is 0 Å². The number of hydrogen-bond donors (Lipinski definition) is 0. The van der Waals surface area contributed by atoms with Crippen LogP contribution in [0.15, 0.2) is 18.2 Å². The first-order valence-corrected chi connectivity index (χ1v) is 5.08. The van der Waals surface area contributed by atoms with Crippen molar-refractivity contribution in [2.45, 2.75) is 20.0 Å². The molecule has 0 amide bonds. The van der Waals surface area contributed by atoms with Crippen molar-refractivity contribution in [3.63, 3.8) is 0 Å². The van der Waals surface area contributed by atoms with Gasteiger partial charge < -0.3 is 9.47 Å². The molecule has 1 unspecified atom stereocenters. The lowest BCUT2D eigenvalue weighted by molar-refractivity contribution is 0.233. The lowest BCUT2D eigenvalue weighted by Crippen LogP contribution is -2.13. The van der Waals surface area contributed by atoms with Gasteiger partial charge in [-0.15, -0.1) is 11.6 Å². The largest absolute Gasteiger partial charge is 0.493 e. The van der Waals surface area contributed by atoms with E-state index in [1.807, 2.05) is 32.0 Å². The van der Waals surface area contributed by atoms with Crippen molar-refractivity contribution in [3.8, 4) is 11.5 Å². The second kappa shape index (κ2) is 5.11. The number of hydrogen-bond acceptors (Lipinski definition) is 2. The maximum Gasteiger partial charge on any atom is 0.161 e. The summed E-state index contributed by atoms with van der Waals surface area (Å²) in [4.78, 5) is 0. The third-order valence-electron chi connectivity index (χ3n) is 1.86. The Morgan fingerprint density at radius 1 is 1.36 bits per heavy atom. The zero-order chi connectivity index (χ0) is 10.6. The van der Waals surface area contributed by atoms with Gasteiger partial charge in [-0.25, -0.2) is 0 Å². The summed E-state index contributed by atoms with van der Waals surface area (Å²) >= 11 is 5.66. The van der Waals surface area contributed by atoms with Gasteiger partial charge in [0.1, 0.15) is 6.10 Å². The van der Waals surface area contributed by atoms with E-state index in [1.54, 1.807) is 7.11 Å². The Morgan fingerprint density at radius 2 is 2.07 bits per heavy atom. The van der Waals surface area contributed by atoms with Crippen molar-refractivity contribution < 1.29 is 9.47 Å². The highest BCUT2D eigenvalue weighted by Crippen LogP contribution is 2.28. The summed E-state index contributed by atoms with van der Waals surface area (Å²) in [5, 5.41) is 0. The van der Waals surface area contributed by atoms with Gasteiger partial charge in [0.15, 0.2) is 11.5 Å². The molecule has 0 saturated carbocycles. The van der Waals surface area contributed by atoms with Crippen molar-refractivity contribution in [2.24, 2.45) is 0 Å². The molecule has 1 aromatic rings. The van der Waals surface area contributed by atoms with Gasteiger partial charge in [-0.3, -0.25) is 0 Å². The predicted molar refractivity (Wildman–Crippen MR) is 58.5 cm³/mol. The molecule has 0 aliphatic heterocycles. The van der Waals surface area contributed by atoms with E-state index in [4.69, 9.17) is 21.1 Å². The van der Waals surface area contributed by atoms with Crippen molar-refractivity contribution >= 4 is 11.6 Å². The number of rotatable bonds is 4. The Kier molecular flexibility index (Phi) is 4.08. The molecule has 0 fully saturated rings. The standard InChI is InChI=1S/C11H15ClO2/c1-8-4-5-10(11(6-8)13-3)14-9(2)7-12/h4-6,9H,7H2,1-3H3. The Bertz CT molecular complexity index is 299. The minimum Gasteiger partial charge on any atom is -0.493 e. The van der Waals surface area contributed by atoms with E-state index < -0.39 is 0 Å². The SMILES string of the molecule is COc1cc(C)ccc1OC(C)CCl. The molecular weight excluding hydrogens is 200 g/mol. The minimum atomic E-state index is -0.00623. The Morgan fingerprint density at radius 3 is 2.64 bits per heavy atom. The summed E-state index contributed by atoms with van der Waals surface area (Å²) < 4.78 is 10.8. The van der Waals surface area contributed by atoms with Crippen LogP contribution in [0.1, 0.15) is 12.5 Å². The highest BCUT2D eigenvalue weighted by Gasteiger charge is 2.07. The number of ether oxygens (including phenoxy) is 2. The summed E-state index contributed by atoms with van der Waals surface area (Å²) in [7, 11) is 1.63. The fourth-order valence-corrected chi connectivity index (χ4v) is 1.18. The van der Waals surface area contributed by atoms with Crippen molar-refractivity contribution in [3.05, 3.63) is 23.8 Å². The minimum absolute atomic E-state index is 0.00623. The molecule has 1 atom stereocenters. The van der Waals surface area contributed by atoms with Crippen LogP contribution in [0.4, 0.5) is 0 Å². The van der Waals surface area contributed by atoms with E-state index in [0.29, 0.717) is 5.88 Å². The highest BCUT2D eigenvalue weighted by atomic mass is 35.5. The van der Waals surface area contributed by atoms with Crippen LogP contribution in [-0.2, 0) is 0 Å². The molecule has 0 aliphatic rings. The number of halogens is 1. The third kappa shape index (κ3) is 2.81. The molecule has 0 radical (unpaired) electrons. The van der Waals surface area contributed by atoms with E-state index in [1.165, 1.54) is 0 Å². The van der Waals surface area contributed by atoms with E-state index in [0.717, 1.165) is 17.1 Å². The molecule has 0 spiro atoms. The topological polar surface area (TPSA) is 18.5 Å². The number of alkyl halides is 1. The molecule has 1 rings (SSSR count). The van der Waals surface area contributed by atoms with Crippen LogP contribution in [0.2, 0.25) is 0 Å². The fraction of sp³-hybridized carbons (Fsp3) is 0.455. The second-order valence-electron chi connectivity index (χ2n) is 3.24. The summed E-state index contributed by atoms with van der Waals surface area (Å²) in [6.45, 7) is 3.93. The highest BCUT2D eigenvalue weighted by molar-refractivity contribution is 6.18. The second-order valence-corrected chi connectivity index (χ2v) is 3.55. The van der Waals surface area contributed by atoms with Crippen LogP contribution >= 0.6 is 11.6 Å². The molecule has 1 aromatic carbocycles. The zero-order valence-corrected chi connectivity index (χ0v) is 9.47. The van der Waals surface area contributed by atoms with Gasteiger partial charge in [-0.05, 0) is 31.5 Å². The van der Waals surface area contributed by atoms with Crippen LogP contribution in [0.5, 0.6) is 11.5 Å². The molecule has 3 heteroatoms. The molecule has 0 N–H and O–H groups in total. The van der Waals surface area contributed by atoms with Crippen molar-refractivity contribution in [2.75, 3.05) is 13.0 Å². The zero-order valence-electron chi connectivity index (χ0n) is 8.71. The summed E-state index contributed by atoms with van der Waals surface area (Å²) in [6.07, 6.45) is -0.00623. The van der Waals surface area contributed by atoms with Crippen molar-refractivity contribution in [1.82, 2.24) is 0 Å². The summed E-state index contributed by atoms with van der Waals surface area (Å²) in [6, 6.07) is 5.83. The van der Waals surface area contributed by atoms with E-state index in [-0.39, 0.29) is 6.10 Å². The molecular formula is C11H15ClO2. The maximum atomic E-state index is 5.66. The lowest BCUT2D eigenvalue weighted by atomic mass is 10.2. The van der Waals surface area contributed by atoms with Crippen LogP contribution in [0, 0.1) is 6.92 Å². The quantitative estimate of drug-likeness (QED) is 0.718. The number of benzene rings is 1. The number of methoxy groups -OCH3 is 1. The van der Waals surface area contributed by atoms with Gasteiger partial charge in [-0.1, -0.05) is 6.07 Å². The lowest BCUT2D eigenvalue weighted by Gasteiger charge is -2.14. The molecule has 78 valence electrons. The van der Waals surface area contributed by atoms with Gasteiger partial charge in [0, 0.05) is 0 Å². The maximum absolute atomic E-state index is 5.66. The monoisotopic (exact) mass is 214 g/mol. The first kappa shape index (κ1) is 11.2. The van der Waals surface area contributed by atoms with Crippen LogP contribution in [-0.4, -0.2) is 19.1 Å². The molecule has 0 aliphatic carbocycles. The van der Waals surface area contributed by atoms with E-state index in [9.17, 15) is 0 Å². The summed E-state index contributed by atoms with van der Waals surface area (Å²) in [5.41, 5.74) is 1.15. The first-order chi connectivity index (χ1) is 6.67. The number of aryl methyl sites for hydroxylation is 1. The average molecular weight is 215 g/mol. The predicted octanol–water partition coefficient (Wildman–Crippen LogP) is 3.01. The van der Waals surface area contributed by atoms with Crippen LogP contribution in [0.25, 0.3) is 0 Å². The first-order valence-electron chi connectivity index (χ1n) is 4.54. The average Bonchev–Trinajstić information content (AvgIpc) is 2.20. The molecule has 0 heterocycles. The molecule has 2 nitrogen and oxygen atoms in total. The van der Waals surface area contributed by atoms with Gasteiger partial charge >= 0.3 is 0 Å². The normalized spacial score (nSPS) is 12.3. The van der Waals surface area contributed by atoms with Gasteiger partial charge in [0.2, 0.25) is 0 Å². The third-order valence-corrected chi connectivity index (χ3v) is 2.30. The molecule has 14 heavy (non-hydrogen) atoms. The van der Waals surface area contributed by atoms with Gasteiger partial charge in [0.05, 0.1) is 13.0 Å². The Labute approximate surface area is 89.8 Å². The fourth-order valence-electron chi connectivity index (χ4n) is 1.12. The smallest absolute Gasteiger partial charge is 0.161 e. The van der Waals surface area contributed by atoms with Gasteiger partial charge in [-0.2, -0.15) is 0 Å². The van der Waals surface area contributed by atoms with Gasteiger partial charge in [0.25, 0.3) is 0 Å². The van der Waals surface area contributed by atoms with Crippen LogP contribution < -0.4 is 9.47 Å². The Balaban J connectivity index is 2.85. The van der Waals surface area contributed by atoms with Crippen LogP contribution in [0.3, 0.4) is 0 Å². The molecule has 0 saturated heterocycles. The Hall–Kier alpha value is -0.890. The summed E-state index contributed by atoms with van der Waals surface area (Å²) in [5.74, 6) is 1.96. The van der Waals surface area contributed by atoms with E-state index >= 15 is 0 Å². The molecule has 0 bridgehead atoms.